The molecule has 26 heavy (non-hydrogen) atoms. The van der Waals surface area contributed by atoms with Crippen LogP contribution in [0.1, 0.15) is 38.7 Å². The molecular formula is C20H32N4O2. The Kier molecular flexibility index (Phi) is 7.00. The van der Waals surface area contributed by atoms with Gasteiger partial charge in [0.25, 0.3) is 0 Å². The standard InChI is InChI=1S/C20H32N4O2/c1-3-21-20(23-15-17-7-5-10-24(17)4-2)22-14-16-8-9-18-19(13-16)26-12-6-11-25-18/h8-9,13,17H,3-7,10-12,14-15H2,1-2H3,(H2,21,22,23). The number of aliphatic imine (C=N–C) groups is 1. The molecule has 2 N–H and O–H groups in total. The van der Waals surface area contributed by atoms with Crippen molar-refractivity contribution in [3.05, 3.63) is 23.8 Å². The fraction of sp³-hybridized carbons (Fsp3) is 0.650. The van der Waals surface area contributed by atoms with E-state index in [2.05, 4.69) is 35.4 Å². The largest absolute Gasteiger partial charge is 0.490 e. The third-order valence-corrected chi connectivity index (χ3v) is 4.99. The summed E-state index contributed by atoms with van der Waals surface area (Å²) >= 11 is 0. The van der Waals surface area contributed by atoms with E-state index in [0.717, 1.165) is 55.7 Å². The summed E-state index contributed by atoms with van der Waals surface area (Å²) in [5.74, 6) is 2.54. The van der Waals surface area contributed by atoms with E-state index in [1.165, 1.54) is 19.4 Å². The first-order valence-corrected chi connectivity index (χ1v) is 9.95. The van der Waals surface area contributed by atoms with Gasteiger partial charge in [0.1, 0.15) is 0 Å². The molecule has 1 saturated heterocycles. The molecule has 6 nitrogen and oxygen atoms in total. The van der Waals surface area contributed by atoms with E-state index < -0.39 is 0 Å². The van der Waals surface area contributed by atoms with Gasteiger partial charge in [0.2, 0.25) is 0 Å². The van der Waals surface area contributed by atoms with Gasteiger partial charge < -0.3 is 20.1 Å². The minimum absolute atomic E-state index is 0.613. The van der Waals surface area contributed by atoms with Crippen LogP contribution in [0.2, 0.25) is 0 Å². The van der Waals surface area contributed by atoms with Crippen molar-refractivity contribution in [1.29, 1.82) is 0 Å². The minimum Gasteiger partial charge on any atom is -0.490 e. The molecule has 3 rings (SSSR count). The number of likely N-dealkylation sites (tertiary alicyclic amines) is 1. The summed E-state index contributed by atoms with van der Waals surface area (Å²) in [6.07, 6.45) is 3.49. The zero-order chi connectivity index (χ0) is 18.2. The minimum atomic E-state index is 0.613. The number of guanidine groups is 1. The molecule has 1 atom stereocenters. The molecule has 2 heterocycles. The molecule has 1 aromatic rings. The van der Waals surface area contributed by atoms with Crippen molar-refractivity contribution in [1.82, 2.24) is 15.5 Å². The molecule has 0 radical (unpaired) electrons. The predicted molar refractivity (Wildman–Crippen MR) is 105 cm³/mol. The second-order valence-electron chi connectivity index (χ2n) is 6.83. The van der Waals surface area contributed by atoms with Crippen molar-refractivity contribution in [3.8, 4) is 11.5 Å². The number of hydrogen-bond donors (Lipinski definition) is 2. The van der Waals surface area contributed by atoms with E-state index in [0.29, 0.717) is 19.2 Å². The third kappa shape index (κ3) is 5.04. The molecular weight excluding hydrogens is 328 g/mol. The molecule has 0 aliphatic carbocycles. The van der Waals surface area contributed by atoms with Gasteiger partial charge in [-0.15, -0.1) is 0 Å². The van der Waals surface area contributed by atoms with Crippen LogP contribution in [0.25, 0.3) is 0 Å². The van der Waals surface area contributed by atoms with Crippen LogP contribution in [-0.4, -0.2) is 56.3 Å². The van der Waals surface area contributed by atoms with Gasteiger partial charge in [-0.2, -0.15) is 0 Å². The van der Waals surface area contributed by atoms with Crippen LogP contribution < -0.4 is 20.1 Å². The van der Waals surface area contributed by atoms with E-state index in [4.69, 9.17) is 14.5 Å². The zero-order valence-corrected chi connectivity index (χ0v) is 16.1. The number of hydrogen-bond acceptors (Lipinski definition) is 4. The zero-order valence-electron chi connectivity index (χ0n) is 16.1. The Morgan fingerprint density at radius 3 is 2.81 bits per heavy atom. The number of benzene rings is 1. The highest BCUT2D eigenvalue weighted by molar-refractivity contribution is 5.79. The monoisotopic (exact) mass is 360 g/mol. The molecule has 6 heteroatoms. The summed E-state index contributed by atoms with van der Waals surface area (Å²) in [5.41, 5.74) is 1.13. The van der Waals surface area contributed by atoms with Gasteiger partial charge >= 0.3 is 0 Å². The van der Waals surface area contributed by atoms with Gasteiger partial charge in [-0.05, 0) is 50.6 Å². The van der Waals surface area contributed by atoms with Crippen molar-refractivity contribution in [2.24, 2.45) is 4.99 Å². The van der Waals surface area contributed by atoms with Crippen molar-refractivity contribution < 1.29 is 9.47 Å². The van der Waals surface area contributed by atoms with Crippen molar-refractivity contribution in [2.45, 2.75) is 45.7 Å². The maximum Gasteiger partial charge on any atom is 0.191 e. The summed E-state index contributed by atoms with van der Waals surface area (Å²) in [5, 5.41) is 6.86. The van der Waals surface area contributed by atoms with Gasteiger partial charge in [0, 0.05) is 25.6 Å². The third-order valence-electron chi connectivity index (χ3n) is 4.99. The van der Waals surface area contributed by atoms with Crippen LogP contribution in [0.15, 0.2) is 23.2 Å². The number of nitrogens with one attached hydrogen (secondary N) is 2. The maximum absolute atomic E-state index is 5.77. The fourth-order valence-electron chi connectivity index (χ4n) is 3.58. The Bertz CT molecular complexity index is 605. The summed E-state index contributed by atoms with van der Waals surface area (Å²) < 4.78 is 11.5. The summed E-state index contributed by atoms with van der Waals surface area (Å²) in [7, 11) is 0. The SMILES string of the molecule is CCNC(=NCc1ccc2c(c1)OCCCO2)NCC1CCCN1CC. The van der Waals surface area contributed by atoms with Gasteiger partial charge in [-0.3, -0.25) is 4.90 Å². The van der Waals surface area contributed by atoms with E-state index in [1.807, 2.05) is 12.1 Å². The van der Waals surface area contributed by atoms with E-state index >= 15 is 0 Å². The van der Waals surface area contributed by atoms with Crippen LogP contribution in [0.3, 0.4) is 0 Å². The Morgan fingerprint density at radius 2 is 2.00 bits per heavy atom. The Hall–Kier alpha value is -1.95. The van der Waals surface area contributed by atoms with E-state index in [1.54, 1.807) is 0 Å². The molecule has 0 saturated carbocycles. The molecule has 1 aromatic carbocycles. The summed E-state index contributed by atoms with van der Waals surface area (Å²) in [6, 6.07) is 6.71. The molecule has 144 valence electrons. The van der Waals surface area contributed by atoms with Crippen molar-refractivity contribution in [2.75, 3.05) is 39.4 Å². The normalized spacial score (nSPS) is 20.7. The Balaban J connectivity index is 1.59. The van der Waals surface area contributed by atoms with Gasteiger partial charge in [-0.1, -0.05) is 13.0 Å². The molecule has 2 aliphatic rings. The number of nitrogens with zero attached hydrogens (tertiary/aromatic N) is 2. The second kappa shape index (κ2) is 9.67. The summed E-state index contributed by atoms with van der Waals surface area (Å²) in [6.45, 7) is 10.5. The van der Waals surface area contributed by atoms with Crippen LogP contribution in [0.4, 0.5) is 0 Å². The molecule has 1 fully saturated rings. The lowest BCUT2D eigenvalue weighted by Crippen LogP contribution is -2.44. The second-order valence-corrected chi connectivity index (χ2v) is 6.83. The number of likely N-dealkylation sites (N-methyl/N-ethyl adjacent to an activating group) is 1. The molecule has 0 aromatic heterocycles. The quantitative estimate of drug-likeness (QED) is 0.603. The average Bonchev–Trinajstić information content (AvgIpc) is 2.99. The highest BCUT2D eigenvalue weighted by atomic mass is 16.5. The number of fused-ring (bicyclic) bond motifs is 1. The number of rotatable bonds is 6. The van der Waals surface area contributed by atoms with E-state index in [-0.39, 0.29) is 0 Å². The predicted octanol–water partition coefficient (Wildman–Crippen LogP) is 2.39. The molecule has 0 amide bonds. The highest BCUT2D eigenvalue weighted by Crippen LogP contribution is 2.30. The fourth-order valence-corrected chi connectivity index (χ4v) is 3.58. The van der Waals surface area contributed by atoms with E-state index in [9.17, 15) is 0 Å². The van der Waals surface area contributed by atoms with Crippen molar-refractivity contribution >= 4 is 5.96 Å². The number of ether oxygens (including phenoxy) is 2. The molecule has 1 unspecified atom stereocenters. The van der Waals surface area contributed by atoms with Gasteiger partial charge in [0.05, 0.1) is 19.8 Å². The topological polar surface area (TPSA) is 58.1 Å². The first-order valence-electron chi connectivity index (χ1n) is 9.95. The van der Waals surface area contributed by atoms with Gasteiger partial charge in [0.15, 0.2) is 17.5 Å². The summed E-state index contributed by atoms with van der Waals surface area (Å²) in [4.78, 5) is 7.29. The lowest BCUT2D eigenvalue weighted by molar-refractivity contribution is 0.267. The average molecular weight is 361 g/mol. The first-order chi connectivity index (χ1) is 12.8. The van der Waals surface area contributed by atoms with Crippen LogP contribution in [0.5, 0.6) is 11.5 Å². The first kappa shape index (κ1) is 18.8. The van der Waals surface area contributed by atoms with Gasteiger partial charge in [-0.25, -0.2) is 4.99 Å². The molecule has 2 aliphatic heterocycles. The molecule has 0 bridgehead atoms. The van der Waals surface area contributed by atoms with Crippen LogP contribution in [-0.2, 0) is 6.54 Å². The lowest BCUT2D eigenvalue weighted by atomic mass is 10.2. The highest BCUT2D eigenvalue weighted by Gasteiger charge is 2.22. The van der Waals surface area contributed by atoms with Crippen LogP contribution in [0, 0.1) is 0 Å². The van der Waals surface area contributed by atoms with Crippen LogP contribution >= 0.6 is 0 Å². The Labute approximate surface area is 157 Å². The van der Waals surface area contributed by atoms with Crippen molar-refractivity contribution in [3.63, 3.8) is 0 Å². The maximum atomic E-state index is 5.77. The molecule has 0 spiro atoms. The smallest absolute Gasteiger partial charge is 0.191 e. The Morgan fingerprint density at radius 1 is 1.15 bits per heavy atom. The lowest BCUT2D eigenvalue weighted by Gasteiger charge is -2.24.